The first-order chi connectivity index (χ1) is 9.43. The second kappa shape index (κ2) is 8.28. The molecule has 114 valence electrons. The molecule has 0 bridgehead atoms. The van der Waals surface area contributed by atoms with Crippen LogP contribution in [0.5, 0.6) is 5.75 Å². The molecular weight excluding hydrogens is 248 g/mol. The van der Waals surface area contributed by atoms with Crippen molar-refractivity contribution in [3.05, 3.63) is 29.8 Å². The van der Waals surface area contributed by atoms with Gasteiger partial charge in [-0.3, -0.25) is 0 Å². The van der Waals surface area contributed by atoms with Crippen molar-refractivity contribution < 1.29 is 4.74 Å². The Hall–Kier alpha value is -1.06. The lowest BCUT2D eigenvalue weighted by Gasteiger charge is -2.28. The molecule has 1 aromatic carbocycles. The molecule has 0 aromatic heterocycles. The molecular formula is C17H30N2O. The van der Waals surface area contributed by atoms with Crippen molar-refractivity contribution in [2.75, 3.05) is 27.7 Å². The normalized spacial score (nSPS) is 14.6. The summed E-state index contributed by atoms with van der Waals surface area (Å²) in [7, 11) is 6.03. The first kappa shape index (κ1) is 17.0. The standard InChI is InChI=1S/C17H30N2O/c1-13(2)10-16(19(4)5)12-18-14(3)15-8-7-9-17(11-15)20-6/h7-9,11,13-14,16,18H,10,12H2,1-6H3. The van der Waals surface area contributed by atoms with E-state index in [1.807, 2.05) is 12.1 Å². The van der Waals surface area contributed by atoms with Crippen molar-refractivity contribution in [2.45, 2.75) is 39.3 Å². The Bertz CT molecular complexity index is 390. The van der Waals surface area contributed by atoms with Crippen molar-refractivity contribution in [3.8, 4) is 5.75 Å². The Morgan fingerprint density at radius 1 is 1.20 bits per heavy atom. The average Bonchev–Trinajstić information content (AvgIpc) is 2.42. The quantitative estimate of drug-likeness (QED) is 0.789. The van der Waals surface area contributed by atoms with Crippen molar-refractivity contribution in [1.29, 1.82) is 0 Å². The van der Waals surface area contributed by atoms with E-state index in [1.54, 1.807) is 7.11 Å². The highest BCUT2D eigenvalue weighted by Gasteiger charge is 2.15. The van der Waals surface area contributed by atoms with E-state index in [2.05, 4.69) is 57.2 Å². The van der Waals surface area contributed by atoms with E-state index in [0.29, 0.717) is 12.1 Å². The molecule has 20 heavy (non-hydrogen) atoms. The molecule has 0 amide bonds. The maximum atomic E-state index is 5.29. The van der Waals surface area contributed by atoms with Crippen LogP contribution >= 0.6 is 0 Å². The Labute approximate surface area is 124 Å². The van der Waals surface area contributed by atoms with Crippen LogP contribution in [0, 0.1) is 5.92 Å². The number of benzene rings is 1. The molecule has 0 saturated heterocycles. The van der Waals surface area contributed by atoms with E-state index in [9.17, 15) is 0 Å². The molecule has 2 atom stereocenters. The lowest BCUT2D eigenvalue weighted by molar-refractivity contribution is 0.242. The van der Waals surface area contributed by atoms with Gasteiger partial charge in [-0.15, -0.1) is 0 Å². The van der Waals surface area contributed by atoms with E-state index in [1.165, 1.54) is 12.0 Å². The highest BCUT2D eigenvalue weighted by Crippen LogP contribution is 2.19. The molecule has 0 saturated carbocycles. The monoisotopic (exact) mass is 278 g/mol. The van der Waals surface area contributed by atoms with Crippen molar-refractivity contribution in [3.63, 3.8) is 0 Å². The Kier molecular flexibility index (Phi) is 7.03. The van der Waals surface area contributed by atoms with Gasteiger partial charge in [-0.1, -0.05) is 26.0 Å². The fourth-order valence-corrected chi connectivity index (χ4v) is 2.36. The SMILES string of the molecule is COc1cccc(C(C)NCC(CC(C)C)N(C)C)c1. The first-order valence-corrected chi connectivity index (χ1v) is 7.47. The number of ether oxygens (including phenoxy) is 1. The van der Waals surface area contributed by atoms with E-state index in [4.69, 9.17) is 4.74 Å². The summed E-state index contributed by atoms with van der Waals surface area (Å²) in [5.41, 5.74) is 1.27. The number of methoxy groups -OCH3 is 1. The molecule has 3 nitrogen and oxygen atoms in total. The zero-order valence-corrected chi connectivity index (χ0v) is 13.8. The maximum absolute atomic E-state index is 5.29. The topological polar surface area (TPSA) is 24.5 Å². The number of hydrogen-bond acceptors (Lipinski definition) is 3. The van der Waals surface area contributed by atoms with Gasteiger partial charge in [0.05, 0.1) is 7.11 Å². The molecule has 0 spiro atoms. The molecule has 0 radical (unpaired) electrons. The van der Waals surface area contributed by atoms with Gasteiger partial charge in [0.1, 0.15) is 5.75 Å². The third-order valence-corrected chi connectivity index (χ3v) is 3.73. The van der Waals surface area contributed by atoms with E-state index in [0.717, 1.165) is 18.2 Å². The molecule has 0 fully saturated rings. The largest absolute Gasteiger partial charge is 0.497 e. The summed E-state index contributed by atoms with van der Waals surface area (Å²) in [4.78, 5) is 2.31. The second-order valence-corrected chi connectivity index (χ2v) is 6.15. The number of nitrogens with zero attached hydrogens (tertiary/aromatic N) is 1. The summed E-state index contributed by atoms with van der Waals surface area (Å²) in [6.45, 7) is 7.77. The van der Waals surface area contributed by atoms with E-state index in [-0.39, 0.29) is 0 Å². The molecule has 0 aliphatic heterocycles. The zero-order valence-electron chi connectivity index (χ0n) is 13.8. The van der Waals surface area contributed by atoms with Gasteiger partial charge in [0.2, 0.25) is 0 Å². The summed E-state index contributed by atoms with van der Waals surface area (Å²) >= 11 is 0. The van der Waals surface area contributed by atoms with Crippen LogP contribution in [0.15, 0.2) is 24.3 Å². The van der Waals surface area contributed by atoms with Gasteiger partial charge in [0, 0.05) is 18.6 Å². The Morgan fingerprint density at radius 2 is 1.90 bits per heavy atom. The number of hydrogen-bond donors (Lipinski definition) is 1. The third kappa shape index (κ3) is 5.51. The van der Waals surface area contributed by atoms with E-state index >= 15 is 0 Å². The molecule has 0 aliphatic carbocycles. The van der Waals surface area contributed by atoms with Crippen LogP contribution in [0.4, 0.5) is 0 Å². The predicted octanol–water partition coefficient (Wildman–Crippen LogP) is 3.32. The molecule has 0 aliphatic rings. The molecule has 1 rings (SSSR count). The van der Waals surface area contributed by atoms with Gasteiger partial charge >= 0.3 is 0 Å². The van der Waals surface area contributed by atoms with Crippen LogP contribution in [0.3, 0.4) is 0 Å². The number of likely N-dealkylation sites (N-methyl/N-ethyl adjacent to an activating group) is 1. The number of rotatable bonds is 8. The minimum atomic E-state index is 0.333. The predicted molar refractivity (Wildman–Crippen MR) is 86.3 cm³/mol. The van der Waals surface area contributed by atoms with Gasteiger partial charge in [0.15, 0.2) is 0 Å². The summed E-state index contributed by atoms with van der Waals surface area (Å²) in [6, 6.07) is 9.18. The van der Waals surface area contributed by atoms with Crippen molar-refractivity contribution in [1.82, 2.24) is 10.2 Å². The summed E-state index contributed by atoms with van der Waals surface area (Å²) in [5.74, 6) is 1.64. The average molecular weight is 278 g/mol. The fraction of sp³-hybridized carbons (Fsp3) is 0.647. The van der Waals surface area contributed by atoms with Crippen LogP contribution in [0.25, 0.3) is 0 Å². The van der Waals surface area contributed by atoms with Gasteiger partial charge in [-0.25, -0.2) is 0 Å². The zero-order chi connectivity index (χ0) is 15.1. The Morgan fingerprint density at radius 3 is 2.45 bits per heavy atom. The van der Waals surface area contributed by atoms with Crippen LogP contribution in [0.1, 0.15) is 38.8 Å². The lowest BCUT2D eigenvalue weighted by Crippen LogP contribution is -2.39. The Balaban J connectivity index is 2.57. The second-order valence-electron chi connectivity index (χ2n) is 6.15. The first-order valence-electron chi connectivity index (χ1n) is 7.47. The van der Waals surface area contributed by atoms with Crippen LogP contribution in [0.2, 0.25) is 0 Å². The van der Waals surface area contributed by atoms with Gasteiger partial charge < -0.3 is 15.0 Å². The molecule has 1 aromatic rings. The molecule has 3 heteroatoms. The molecule has 0 heterocycles. The van der Waals surface area contributed by atoms with Crippen LogP contribution in [-0.2, 0) is 0 Å². The van der Waals surface area contributed by atoms with Crippen molar-refractivity contribution >= 4 is 0 Å². The highest BCUT2D eigenvalue weighted by atomic mass is 16.5. The van der Waals surface area contributed by atoms with Crippen molar-refractivity contribution in [2.24, 2.45) is 5.92 Å². The van der Waals surface area contributed by atoms with Gasteiger partial charge in [-0.2, -0.15) is 0 Å². The molecule has 1 N–H and O–H groups in total. The smallest absolute Gasteiger partial charge is 0.119 e. The van der Waals surface area contributed by atoms with Crippen LogP contribution < -0.4 is 10.1 Å². The summed E-state index contributed by atoms with van der Waals surface area (Å²) in [6.07, 6.45) is 1.21. The summed E-state index contributed by atoms with van der Waals surface area (Å²) < 4.78 is 5.29. The third-order valence-electron chi connectivity index (χ3n) is 3.73. The van der Waals surface area contributed by atoms with Gasteiger partial charge in [0.25, 0.3) is 0 Å². The molecule has 2 unspecified atom stereocenters. The van der Waals surface area contributed by atoms with Gasteiger partial charge in [-0.05, 0) is 51.1 Å². The minimum absolute atomic E-state index is 0.333. The van der Waals surface area contributed by atoms with E-state index < -0.39 is 0 Å². The maximum Gasteiger partial charge on any atom is 0.119 e. The fourth-order valence-electron chi connectivity index (χ4n) is 2.36. The van der Waals surface area contributed by atoms with Crippen LogP contribution in [-0.4, -0.2) is 38.7 Å². The minimum Gasteiger partial charge on any atom is -0.497 e. The lowest BCUT2D eigenvalue weighted by atomic mass is 10.0. The number of nitrogens with one attached hydrogen (secondary N) is 1. The summed E-state index contributed by atoms with van der Waals surface area (Å²) in [5, 5.41) is 3.64. The highest BCUT2D eigenvalue weighted by molar-refractivity contribution is 5.30.